The molecule has 0 spiro atoms. The minimum Gasteiger partial charge on any atom is -0.423 e. The SMILES string of the molecule is Cc1cc2oc(=O)cc(C[NH2+]C[C@H](c3c(F)cccc3Cl)[NH+](C)C)c2cc1C. The van der Waals surface area contributed by atoms with E-state index in [9.17, 15) is 9.18 Å². The maximum atomic E-state index is 14.4. The Morgan fingerprint density at radius 3 is 2.57 bits per heavy atom. The van der Waals surface area contributed by atoms with Crippen LogP contribution in [0.2, 0.25) is 5.02 Å². The van der Waals surface area contributed by atoms with Crippen molar-refractivity contribution in [3.8, 4) is 0 Å². The number of likely N-dealkylation sites (N-methyl/N-ethyl adjacent to an activating group) is 1. The van der Waals surface area contributed by atoms with Crippen LogP contribution in [0.4, 0.5) is 4.39 Å². The first-order valence-electron chi connectivity index (χ1n) is 9.37. The summed E-state index contributed by atoms with van der Waals surface area (Å²) in [5.41, 5.74) is 3.93. The van der Waals surface area contributed by atoms with Crippen molar-refractivity contribution < 1.29 is 19.0 Å². The maximum Gasteiger partial charge on any atom is 0.336 e. The highest BCUT2D eigenvalue weighted by molar-refractivity contribution is 6.31. The largest absolute Gasteiger partial charge is 0.423 e. The molecule has 3 N–H and O–H groups in total. The molecule has 0 saturated carbocycles. The van der Waals surface area contributed by atoms with Crippen molar-refractivity contribution in [3.63, 3.8) is 0 Å². The summed E-state index contributed by atoms with van der Waals surface area (Å²) in [6.07, 6.45) is 0. The highest BCUT2D eigenvalue weighted by Gasteiger charge is 2.26. The molecular weight excluding hydrogens is 379 g/mol. The van der Waals surface area contributed by atoms with Gasteiger partial charge >= 0.3 is 5.63 Å². The van der Waals surface area contributed by atoms with E-state index in [-0.39, 0.29) is 17.5 Å². The van der Waals surface area contributed by atoms with E-state index >= 15 is 0 Å². The van der Waals surface area contributed by atoms with E-state index in [2.05, 4.69) is 11.4 Å². The van der Waals surface area contributed by atoms with E-state index in [0.717, 1.165) is 27.0 Å². The zero-order chi connectivity index (χ0) is 20.4. The van der Waals surface area contributed by atoms with Crippen LogP contribution in [0, 0.1) is 19.7 Å². The third-order valence-electron chi connectivity index (χ3n) is 5.26. The number of benzene rings is 2. The molecule has 0 amide bonds. The Bertz CT molecular complexity index is 1040. The first-order valence-corrected chi connectivity index (χ1v) is 9.75. The van der Waals surface area contributed by atoms with Crippen molar-refractivity contribution >= 4 is 22.6 Å². The Labute approximate surface area is 168 Å². The monoisotopic (exact) mass is 404 g/mol. The smallest absolute Gasteiger partial charge is 0.336 e. The Morgan fingerprint density at radius 1 is 1.18 bits per heavy atom. The van der Waals surface area contributed by atoms with Gasteiger partial charge in [-0.1, -0.05) is 17.7 Å². The lowest BCUT2D eigenvalue weighted by Gasteiger charge is -2.22. The lowest BCUT2D eigenvalue weighted by molar-refractivity contribution is -0.910. The fourth-order valence-electron chi connectivity index (χ4n) is 3.54. The molecule has 0 aliphatic rings. The molecule has 0 aliphatic carbocycles. The summed E-state index contributed by atoms with van der Waals surface area (Å²) in [7, 11) is 3.97. The molecule has 0 radical (unpaired) electrons. The Kier molecular flexibility index (Phi) is 6.18. The lowest BCUT2D eigenvalue weighted by atomic mass is 10.0. The quantitative estimate of drug-likeness (QED) is 0.618. The number of hydrogen-bond acceptors (Lipinski definition) is 2. The normalized spacial score (nSPS) is 12.7. The highest BCUT2D eigenvalue weighted by atomic mass is 35.5. The number of halogens is 2. The van der Waals surface area contributed by atoms with Crippen LogP contribution in [-0.4, -0.2) is 20.6 Å². The third kappa shape index (κ3) is 4.27. The molecule has 1 atom stereocenters. The van der Waals surface area contributed by atoms with Crippen LogP contribution in [0.5, 0.6) is 0 Å². The Balaban J connectivity index is 1.85. The van der Waals surface area contributed by atoms with Crippen LogP contribution < -0.4 is 15.8 Å². The number of hydrogen-bond donors (Lipinski definition) is 2. The van der Waals surface area contributed by atoms with Gasteiger partial charge in [-0.15, -0.1) is 0 Å². The van der Waals surface area contributed by atoms with E-state index in [1.54, 1.807) is 18.2 Å². The molecule has 0 saturated heterocycles. The molecular formula is C22H26ClFN2O2+2. The molecule has 1 aromatic heterocycles. The van der Waals surface area contributed by atoms with Gasteiger partial charge in [0, 0.05) is 17.0 Å². The fraction of sp³-hybridized carbons (Fsp3) is 0.318. The minimum absolute atomic E-state index is 0.107. The molecule has 0 aliphatic heterocycles. The van der Waals surface area contributed by atoms with Gasteiger partial charge < -0.3 is 14.6 Å². The number of rotatable bonds is 6. The predicted molar refractivity (Wildman–Crippen MR) is 109 cm³/mol. The van der Waals surface area contributed by atoms with Crippen molar-refractivity contribution in [1.29, 1.82) is 0 Å². The summed E-state index contributed by atoms with van der Waals surface area (Å²) in [5, 5.41) is 3.47. The molecule has 4 nitrogen and oxygen atoms in total. The maximum absolute atomic E-state index is 14.4. The summed E-state index contributed by atoms with van der Waals surface area (Å²) in [4.78, 5) is 13.1. The molecule has 0 unspecified atom stereocenters. The summed E-state index contributed by atoms with van der Waals surface area (Å²) < 4.78 is 19.8. The van der Waals surface area contributed by atoms with Gasteiger partial charge in [-0.2, -0.15) is 0 Å². The minimum atomic E-state index is -0.355. The van der Waals surface area contributed by atoms with Gasteiger partial charge in [0.05, 0.1) is 24.7 Å². The zero-order valence-electron chi connectivity index (χ0n) is 16.6. The van der Waals surface area contributed by atoms with E-state index in [1.807, 2.05) is 34.0 Å². The van der Waals surface area contributed by atoms with Crippen molar-refractivity contribution in [2.24, 2.45) is 0 Å². The molecule has 0 bridgehead atoms. The number of nitrogens with two attached hydrogens (primary N) is 1. The zero-order valence-corrected chi connectivity index (χ0v) is 17.4. The molecule has 148 valence electrons. The average molecular weight is 405 g/mol. The Morgan fingerprint density at radius 2 is 1.89 bits per heavy atom. The van der Waals surface area contributed by atoms with Crippen LogP contribution in [0.1, 0.15) is 28.3 Å². The molecule has 2 aromatic carbocycles. The van der Waals surface area contributed by atoms with Crippen molar-refractivity contribution in [2.75, 3.05) is 20.6 Å². The van der Waals surface area contributed by atoms with E-state index in [4.69, 9.17) is 16.0 Å². The number of aryl methyl sites for hydroxylation is 2. The van der Waals surface area contributed by atoms with Crippen molar-refractivity contribution in [3.05, 3.63) is 79.9 Å². The van der Waals surface area contributed by atoms with Crippen molar-refractivity contribution in [2.45, 2.75) is 26.4 Å². The van der Waals surface area contributed by atoms with Gasteiger partial charge in [0.25, 0.3) is 0 Å². The molecule has 28 heavy (non-hydrogen) atoms. The van der Waals surface area contributed by atoms with Crippen LogP contribution in [0.15, 0.2) is 45.6 Å². The third-order valence-corrected chi connectivity index (χ3v) is 5.59. The summed E-state index contributed by atoms with van der Waals surface area (Å²) in [5.74, 6) is -0.288. The van der Waals surface area contributed by atoms with Crippen LogP contribution in [0.25, 0.3) is 11.0 Å². The second-order valence-electron chi connectivity index (χ2n) is 7.52. The van der Waals surface area contributed by atoms with Gasteiger partial charge in [0.15, 0.2) is 6.04 Å². The van der Waals surface area contributed by atoms with Gasteiger partial charge in [-0.05, 0) is 49.2 Å². The topological polar surface area (TPSA) is 51.3 Å². The first kappa shape index (κ1) is 20.5. The molecule has 3 aromatic rings. The Hall–Kier alpha value is -2.21. The number of quaternary nitrogens is 2. The molecule has 3 rings (SSSR count). The number of nitrogens with one attached hydrogen (secondary N) is 1. The van der Waals surface area contributed by atoms with E-state index < -0.39 is 0 Å². The second kappa shape index (κ2) is 8.43. The van der Waals surface area contributed by atoms with Gasteiger partial charge in [0.1, 0.15) is 24.5 Å². The summed E-state index contributed by atoms with van der Waals surface area (Å²) in [6.45, 7) is 5.27. The highest BCUT2D eigenvalue weighted by Crippen LogP contribution is 2.24. The van der Waals surface area contributed by atoms with Gasteiger partial charge in [-0.25, -0.2) is 9.18 Å². The van der Waals surface area contributed by atoms with Gasteiger partial charge in [-0.3, -0.25) is 0 Å². The number of fused-ring (bicyclic) bond motifs is 1. The van der Waals surface area contributed by atoms with Crippen LogP contribution >= 0.6 is 11.6 Å². The first-order chi connectivity index (χ1) is 13.3. The standard InChI is InChI=1S/C22H24ClFN2O2/c1-13-8-16-15(10-21(27)28-20(16)9-14(13)2)11-25-12-19(26(3)4)22-17(23)6-5-7-18(22)24/h5-10,19,25H,11-12H2,1-4H3/p+2/t19-/m1/s1. The molecule has 6 heteroatoms. The van der Waals surface area contributed by atoms with Gasteiger partial charge in [0.2, 0.25) is 0 Å². The average Bonchev–Trinajstić information content (AvgIpc) is 2.61. The predicted octanol–water partition coefficient (Wildman–Crippen LogP) is 2.15. The second-order valence-corrected chi connectivity index (χ2v) is 7.92. The summed E-state index contributed by atoms with van der Waals surface area (Å²) >= 11 is 6.27. The van der Waals surface area contributed by atoms with E-state index in [1.165, 1.54) is 6.07 Å². The molecule has 0 fully saturated rings. The van der Waals surface area contributed by atoms with Crippen molar-refractivity contribution in [1.82, 2.24) is 0 Å². The van der Waals surface area contributed by atoms with E-state index in [0.29, 0.717) is 29.3 Å². The summed E-state index contributed by atoms with van der Waals surface area (Å²) in [6, 6.07) is 10.2. The van der Waals surface area contributed by atoms with Crippen LogP contribution in [-0.2, 0) is 6.54 Å². The molecule has 1 heterocycles. The van der Waals surface area contributed by atoms with Crippen LogP contribution in [0.3, 0.4) is 0 Å². The lowest BCUT2D eigenvalue weighted by Crippen LogP contribution is -3.09. The fourth-order valence-corrected chi connectivity index (χ4v) is 3.84.